The molecule has 1 aromatic heterocycles. The van der Waals surface area contributed by atoms with Crippen LogP contribution in [0.15, 0.2) is 42.5 Å². The van der Waals surface area contributed by atoms with Gasteiger partial charge in [-0.05, 0) is 41.1 Å². The Bertz CT molecular complexity index is 834. The summed E-state index contributed by atoms with van der Waals surface area (Å²) in [5.41, 5.74) is 8.20. The molecule has 0 aliphatic carbocycles. The lowest BCUT2D eigenvalue weighted by Gasteiger charge is -2.08. The first kappa shape index (κ1) is 15.1. The third kappa shape index (κ3) is 3.53. The Balaban J connectivity index is 1.83. The Morgan fingerprint density at radius 2 is 2.13 bits per heavy atom. The first-order valence-electron chi connectivity index (χ1n) is 6.80. The van der Waals surface area contributed by atoms with E-state index < -0.39 is 0 Å². The molecule has 2 aromatic carbocycles. The van der Waals surface area contributed by atoms with Gasteiger partial charge in [-0.1, -0.05) is 23.7 Å². The van der Waals surface area contributed by atoms with Gasteiger partial charge in [-0.3, -0.25) is 4.79 Å². The molecule has 0 spiro atoms. The van der Waals surface area contributed by atoms with Crippen LogP contribution in [0.25, 0.3) is 11.4 Å². The molecule has 23 heavy (non-hydrogen) atoms. The number of aromatic amines is 1. The van der Waals surface area contributed by atoms with Gasteiger partial charge in [0, 0.05) is 28.4 Å². The van der Waals surface area contributed by atoms with Crippen molar-refractivity contribution in [3.63, 3.8) is 0 Å². The van der Waals surface area contributed by atoms with E-state index in [9.17, 15) is 4.79 Å². The maximum absolute atomic E-state index is 12.4. The number of H-pyrrole nitrogens is 1. The number of carbonyl (C=O) groups excluding carboxylic acids is 1. The van der Waals surface area contributed by atoms with Crippen LogP contribution in [0.2, 0.25) is 5.02 Å². The van der Waals surface area contributed by atoms with Gasteiger partial charge in [-0.2, -0.15) is 5.21 Å². The van der Waals surface area contributed by atoms with Gasteiger partial charge in [0.15, 0.2) is 0 Å². The highest BCUT2D eigenvalue weighted by Gasteiger charge is 2.10. The Kier molecular flexibility index (Phi) is 4.31. The molecular formula is C15H13ClN6O. The molecule has 116 valence electrons. The topological polar surface area (TPSA) is 110 Å². The number of halogens is 1. The molecule has 0 aliphatic rings. The molecule has 1 heterocycles. The number of hydrogen-bond donors (Lipinski definition) is 3. The molecule has 0 bridgehead atoms. The number of amides is 1. The predicted octanol–water partition coefficient (Wildman–Crippen LogP) is 2.23. The zero-order valence-corrected chi connectivity index (χ0v) is 12.7. The maximum atomic E-state index is 12.4. The second kappa shape index (κ2) is 6.55. The molecule has 0 saturated carbocycles. The van der Waals surface area contributed by atoms with Gasteiger partial charge >= 0.3 is 0 Å². The Labute approximate surface area is 136 Å². The number of nitrogens with two attached hydrogens (primary N) is 1. The molecule has 0 unspecified atom stereocenters. The first-order chi connectivity index (χ1) is 11.2. The number of anilines is 1. The predicted molar refractivity (Wildman–Crippen MR) is 86.9 cm³/mol. The standard InChI is InChI=1S/C15H13ClN6O/c16-12-5-9(8-17)4-11(6-12)15(23)18-13-3-1-2-10(7-13)14-19-21-22-20-14/h1-7H,8,17H2,(H,18,23)(H,19,20,21,22). The lowest BCUT2D eigenvalue weighted by atomic mass is 10.1. The van der Waals surface area contributed by atoms with E-state index in [0.717, 1.165) is 11.1 Å². The van der Waals surface area contributed by atoms with Crippen molar-refractivity contribution in [2.75, 3.05) is 5.32 Å². The van der Waals surface area contributed by atoms with Crippen LogP contribution in [0.1, 0.15) is 15.9 Å². The number of carbonyl (C=O) groups is 1. The van der Waals surface area contributed by atoms with Crippen molar-refractivity contribution in [1.29, 1.82) is 0 Å². The third-order valence-corrected chi connectivity index (χ3v) is 3.40. The normalized spacial score (nSPS) is 10.5. The van der Waals surface area contributed by atoms with Gasteiger partial charge in [0.25, 0.3) is 5.91 Å². The number of aromatic nitrogens is 4. The summed E-state index contributed by atoms with van der Waals surface area (Å²) in [6.45, 7) is 0.314. The second-order valence-corrected chi connectivity index (χ2v) is 5.26. The molecule has 0 fully saturated rings. The molecule has 7 nitrogen and oxygen atoms in total. The summed E-state index contributed by atoms with van der Waals surface area (Å²) in [6.07, 6.45) is 0. The molecule has 1 amide bonds. The number of tetrazole rings is 1. The summed E-state index contributed by atoms with van der Waals surface area (Å²) in [6, 6.07) is 12.2. The summed E-state index contributed by atoms with van der Waals surface area (Å²) >= 11 is 6.01. The van der Waals surface area contributed by atoms with E-state index in [0.29, 0.717) is 28.6 Å². The summed E-state index contributed by atoms with van der Waals surface area (Å²) in [5, 5.41) is 17.0. The minimum atomic E-state index is -0.271. The molecule has 0 saturated heterocycles. The Hall–Kier alpha value is -2.77. The SMILES string of the molecule is NCc1cc(Cl)cc(C(=O)Nc2cccc(-c3nn[nH]n3)c2)c1. The van der Waals surface area contributed by atoms with Crippen molar-refractivity contribution in [1.82, 2.24) is 20.6 Å². The van der Waals surface area contributed by atoms with E-state index in [1.807, 2.05) is 6.07 Å². The minimum absolute atomic E-state index is 0.271. The van der Waals surface area contributed by atoms with E-state index >= 15 is 0 Å². The fourth-order valence-corrected chi connectivity index (χ4v) is 2.38. The molecule has 8 heteroatoms. The molecule has 0 aliphatic heterocycles. The minimum Gasteiger partial charge on any atom is -0.326 e. The fraction of sp³-hybridized carbons (Fsp3) is 0.0667. The quantitative estimate of drug-likeness (QED) is 0.680. The Morgan fingerprint density at radius 3 is 2.87 bits per heavy atom. The van der Waals surface area contributed by atoms with Crippen LogP contribution >= 0.6 is 11.6 Å². The van der Waals surface area contributed by atoms with Crippen LogP contribution in [0.3, 0.4) is 0 Å². The molecule has 3 aromatic rings. The van der Waals surface area contributed by atoms with Gasteiger partial charge in [-0.25, -0.2) is 0 Å². The Morgan fingerprint density at radius 1 is 1.26 bits per heavy atom. The van der Waals surface area contributed by atoms with Crippen molar-refractivity contribution in [2.45, 2.75) is 6.54 Å². The van der Waals surface area contributed by atoms with Gasteiger partial charge in [0.2, 0.25) is 5.82 Å². The number of nitrogens with one attached hydrogen (secondary N) is 2. The maximum Gasteiger partial charge on any atom is 0.255 e. The van der Waals surface area contributed by atoms with Gasteiger partial charge < -0.3 is 11.1 Å². The van der Waals surface area contributed by atoms with Crippen LogP contribution in [0, 0.1) is 0 Å². The van der Waals surface area contributed by atoms with E-state index in [1.165, 1.54) is 0 Å². The average molecular weight is 329 g/mol. The summed E-state index contributed by atoms with van der Waals surface area (Å²) in [7, 11) is 0. The van der Waals surface area contributed by atoms with E-state index in [2.05, 4.69) is 25.9 Å². The number of rotatable bonds is 4. The largest absolute Gasteiger partial charge is 0.326 e. The van der Waals surface area contributed by atoms with Crippen molar-refractivity contribution in [3.05, 3.63) is 58.6 Å². The zero-order valence-electron chi connectivity index (χ0n) is 12.0. The van der Waals surface area contributed by atoms with Crippen LogP contribution < -0.4 is 11.1 Å². The molecule has 0 radical (unpaired) electrons. The number of benzene rings is 2. The highest BCUT2D eigenvalue weighted by Crippen LogP contribution is 2.20. The van der Waals surface area contributed by atoms with Crippen LogP contribution in [-0.4, -0.2) is 26.5 Å². The van der Waals surface area contributed by atoms with Gasteiger partial charge in [0.05, 0.1) is 0 Å². The summed E-state index contributed by atoms with van der Waals surface area (Å²) in [4.78, 5) is 12.4. The molecular weight excluding hydrogens is 316 g/mol. The van der Waals surface area contributed by atoms with Gasteiger partial charge in [0.1, 0.15) is 0 Å². The monoisotopic (exact) mass is 328 g/mol. The average Bonchev–Trinajstić information content (AvgIpc) is 3.09. The van der Waals surface area contributed by atoms with E-state index in [-0.39, 0.29) is 5.91 Å². The first-order valence-corrected chi connectivity index (χ1v) is 7.18. The highest BCUT2D eigenvalue weighted by molar-refractivity contribution is 6.31. The molecule has 4 N–H and O–H groups in total. The van der Waals surface area contributed by atoms with Crippen LogP contribution in [0.5, 0.6) is 0 Å². The number of hydrogen-bond acceptors (Lipinski definition) is 5. The lowest BCUT2D eigenvalue weighted by molar-refractivity contribution is 0.102. The smallest absolute Gasteiger partial charge is 0.255 e. The van der Waals surface area contributed by atoms with Crippen molar-refractivity contribution >= 4 is 23.2 Å². The van der Waals surface area contributed by atoms with Crippen molar-refractivity contribution < 1.29 is 4.79 Å². The molecule has 0 atom stereocenters. The summed E-state index contributed by atoms with van der Waals surface area (Å²) in [5.74, 6) is 0.182. The third-order valence-electron chi connectivity index (χ3n) is 3.18. The zero-order chi connectivity index (χ0) is 16.2. The van der Waals surface area contributed by atoms with E-state index in [4.69, 9.17) is 17.3 Å². The number of nitrogens with zero attached hydrogens (tertiary/aromatic N) is 3. The van der Waals surface area contributed by atoms with Crippen molar-refractivity contribution in [3.8, 4) is 11.4 Å². The van der Waals surface area contributed by atoms with Crippen molar-refractivity contribution in [2.24, 2.45) is 5.73 Å². The second-order valence-electron chi connectivity index (χ2n) is 4.82. The van der Waals surface area contributed by atoms with Gasteiger partial charge in [-0.15, -0.1) is 10.2 Å². The van der Waals surface area contributed by atoms with Crippen LogP contribution in [0.4, 0.5) is 5.69 Å². The fourth-order valence-electron chi connectivity index (χ4n) is 2.12. The van der Waals surface area contributed by atoms with Crippen LogP contribution in [-0.2, 0) is 6.54 Å². The summed E-state index contributed by atoms with van der Waals surface area (Å²) < 4.78 is 0. The lowest BCUT2D eigenvalue weighted by Crippen LogP contribution is -2.12. The molecule has 3 rings (SSSR count). The highest BCUT2D eigenvalue weighted by atomic mass is 35.5. The van der Waals surface area contributed by atoms with E-state index in [1.54, 1.807) is 36.4 Å².